The van der Waals surface area contributed by atoms with Gasteiger partial charge < -0.3 is 20.5 Å². The lowest BCUT2D eigenvalue weighted by molar-refractivity contribution is -0.120. The minimum absolute atomic E-state index is 0.0733. The minimum atomic E-state index is -1.01. The second-order valence-corrected chi connectivity index (χ2v) is 9.27. The number of nitrogens with one attached hydrogen (secondary N) is 2. The topological polar surface area (TPSA) is 94.4 Å². The van der Waals surface area contributed by atoms with Crippen LogP contribution in [-0.2, 0) is 17.6 Å². The van der Waals surface area contributed by atoms with Gasteiger partial charge in [-0.25, -0.2) is 8.78 Å². The van der Waals surface area contributed by atoms with Crippen molar-refractivity contribution in [3.8, 4) is 11.8 Å². The van der Waals surface area contributed by atoms with Crippen molar-refractivity contribution in [3.05, 3.63) is 100 Å². The maximum Gasteiger partial charge on any atom is 0.217 e. The molecule has 3 N–H and O–H groups in total. The SMILES string of the molecule is CC(=O)NC(Cc1cc(F)cc(F)c1)C(O)CNC1CCOc2ccc(Cc3ccccc3C#N)cc21. The molecule has 0 aliphatic carbocycles. The van der Waals surface area contributed by atoms with Crippen molar-refractivity contribution in [2.24, 2.45) is 0 Å². The van der Waals surface area contributed by atoms with Gasteiger partial charge in [-0.3, -0.25) is 4.79 Å². The molecule has 1 amide bonds. The Kier molecular flexibility index (Phi) is 8.49. The van der Waals surface area contributed by atoms with Crippen molar-refractivity contribution in [1.29, 1.82) is 5.26 Å². The van der Waals surface area contributed by atoms with E-state index in [1.165, 1.54) is 19.1 Å². The van der Waals surface area contributed by atoms with Crippen LogP contribution in [0.4, 0.5) is 8.78 Å². The fourth-order valence-electron chi connectivity index (χ4n) is 4.70. The third-order valence-corrected chi connectivity index (χ3v) is 6.45. The summed E-state index contributed by atoms with van der Waals surface area (Å²) in [7, 11) is 0. The van der Waals surface area contributed by atoms with Gasteiger partial charge in [0.2, 0.25) is 5.91 Å². The molecular formula is C29H29F2N3O3. The summed E-state index contributed by atoms with van der Waals surface area (Å²) in [5, 5.41) is 26.4. The number of nitrogens with zero attached hydrogens (tertiary/aromatic N) is 1. The van der Waals surface area contributed by atoms with Gasteiger partial charge >= 0.3 is 0 Å². The number of ether oxygens (including phenoxy) is 1. The third-order valence-electron chi connectivity index (χ3n) is 6.45. The summed E-state index contributed by atoms with van der Waals surface area (Å²) < 4.78 is 33.1. The maximum absolute atomic E-state index is 13.7. The molecule has 8 heteroatoms. The Balaban J connectivity index is 1.47. The molecule has 3 unspecified atom stereocenters. The van der Waals surface area contributed by atoms with Crippen LogP contribution in [0.5, 0.6) is 5.75 Å². The van der Waals surface area contributed by atoms with Crippen molar-refractivity contribution in [3.63, 3.8) is 0 Å². The van der Waals surface area contributed by atoms with Crippen molar-refractivity contribution >= 4 is 5.91 Å². The van der Waals surface area contributed by atoms with E-state index in [1.54, 1.807) is 6.07 Å². The molecule has 37 heavy (non-hydrogen) atoms. The average molecular weight is 506 g/mol. The average Bonchev–Trinajstić information content (AvgIpc) is 2.86. The molecule has 0 fully saturated rings. The van der Waals surface area contributed by atoms with Crippen LogP contribution >= 0.6 is 0 Å². The molecule has 0 aromatic heterocycles. The zero-order valence-corrected chi connectivity index (χ0v) is 20.5. The lowest BCUT2D eigenvalue weighted by Crippen LogP contribution is -2.48. The van der Waals surface area contributed by atoms with Gasteiger partial charge in [-0.1, -0.05) is 30.3 Å². The summed E-state index contributed by atoms with van der Waals surface area (Å²) in [6.45, 7) is 1.99. The Morgan fingerprint density at radius 2 is 1.89 bits per heavy atom. The number of rotatable bonds is 9. The normalized spacial score (nSPS) is 16.1. The highest BCUT2D eigenvalue weighted by atomic mass is 19.1. The van der Waals surface area contributed by atoms with Crippen LogP contribution < -0.4 is 15.4 Å². The summed E-state index contributed by atoms with van der Waals surface area (Å²) in [6, 6.07) is 18.0. The number of amides is 1. The molecule has 3 aromatic carbocycles. The predicted octanol–water partition coefficient (Wildman–Crippen LogP) is 3.95. The van der Waals surface area contributed by atoms with Gasteiger partial charge in [0.25, 0.3) is 0 Å². The highest BCUT2D eigenvalue weighted by Crippen LogP contribution is 2.33. The Hall–Kier alpha value is -3.80. The van der Waals surface area contributed by atoms with Crippen LogP contribution in [0.25, 0.3) is 0 Å². The molecule has 3 atom stereocenters. The van der Waals surface area contributed by atoms with Gasteiger partial charge in [-0.05, 0) is 53.8 Å². The van der Waals surface area contributed by atoms with Crippen LogP contribution in [0.2, 0.25) is 0 Å². The van der Waals surface area contributed by atoms with Gasteiger partial charge in [0.05, 0.1) is 30.4 Å². The molecule has 0 saturated heterocycles. The second-order valence-electron chi connectivity index (χ2n) is 9.27. The summed E-state index contributed by atoms with van der Waals surface area (Å²) in [4.78, 5) is 11.8. The van der Waals surface area contributed by atoms with E-state index in [0.717, 1.165) is 28.5 Å². The van der Waals surface area contributed by atoms with Crippen LogP contribution in [0.3, 0.4) is 0 Å². The number of carbonyl (C=O) groups excluding carboxylic acids is 1. The molecule has 0 saturated carbocycles. The number of benzene rings is 3. The number of aliphatic hydroxyl groups excluding tert-OH is 1. The van der Waals surface area contributed by atoms with Gasteiger partial charge in [-0.15, -0.1) is 0 Å². The van der Waals surface area contributed by atoms with E-state index in [4.69, 9.17) is 4.74 Å². The molecule has 0 radical (unpaired) electrons. The van der Waals surface area contributed by atoms with E-state index >= 15 is 0 Å². The van der Waals surface area contributed by atoms with Crippen LogP contribution in [-0.4, -0.2) is 36.3 Å². The Bertz CT molecular complexity index is 1290. The first-order valence-electron chi connectivity index (χ1n) is 12.2. The molecule has 192 valence electrons. The number of nitriles is 1. The van der Waals surface area contributed by atoms with E-state index in [0.29, 0.717) is 30.6 Å². The molecule has 1 aliphatic rings. The zero-order chi connectivity index (χ0) is 26.4. The number of halogens is 2. The summed E-state index contributed by atoms with van der Waals surface area (Å²) >= 11 is 0. The van der Waals surface area contributed by atoms with Gasteiger partial charge in [0.1, 0.15) is 17.4 Å². The Labute approximate surface area is 214 Å². The molecule has 0 bridgehead atoms. The third kappa shape index (κ3) is 6.91. The van der Waals surface area contributed by atoms with Gasteiger partial charge in [0, 0.05) is 37.6 Å². The fourth-order valence-corrected chi connectivity index (χ4v) is 4.70. The largest absolute Gasteiger partial charge is 0.493 e. The fraction of sp³-hybridized carbons (Fsp3) is 0.310. The second kappa shape index (κ2) is 12.0. The molecule has 4 rings (SSSR count). The number of fused-ring (bicyclic) bond motifs is 1. The number of hydrogen-bond acceptors (Lipinski definition) is 5. The van der Waals surface area contributed by atoms with Crippen LogP contribution in [0.1, 0.15) is 47.2 Å². The molecule has 1 aliphatic heterocycles. The predicted molar refractivity (Wildman–Crippen MR) is 135 cm³/mol. The summed E-state index contributed by atoms with van der Waals surface area (Å²) in [5.74, 6) is -1.02. The van der Waals surface area contributed by atoms with Crippen molar-refractivity contribution < 1.29 is 23.4 Å². The minimum Gasteiger partial charge on any atom is -0.493 e. The van der Waals surface area contributed by atoms with E-state index in [2.05, 4.69) is 16.7 Å². The molecule has 1 heterocycles. The molecule has 0 spiro atoms. The van der Waals surface area contributed by atoms with Crippen LogP contribution in [0, 0.1) is 23.0 Å². The zero-order valence-electron chi connectivity index (χ0n) is 20.5. The molecule has 3 aromatic rings. The first-order chi connectivity index (χ1) is 17.8. The van der Waals surface area contributed by atoms with Crippen molar-refractivity contribution in [1.82, 2.24) is 10.6 Å². The quantitative estimate of drug-likeness (QED) is 0.410. The lowest BCUT2D eigenvalue weighted by atomic mass is 9.94. The number of aliphatic hydroxyl groups is 1. The number of hydrogen-bond donors (Lipinski definition) is 3. The Morgan fingerprint density at radius 1 is 1.14 bits per heavy atom. The smallest absolute Gasteiger partial charge is 0.217 e. The summed E-state index contributed by atoms with van der Waals surface area (Å²) in [6.07, 6.45) is 0.343. The van der Waals surface area contributed by atoms with Gasteiger partial charge in [-0.2, -0.15) is 5.26 Å². The molecule has 6 nitrogen and oxygen atoms in total. The van der Waals surface area contributed by atoms with E-state index < -0.39 is 23.8 Å². The van der Waals surface area contributed by atoms with E-state index in [9.17, 15) is 23.9 Å². The van der Waals surface area contributed by atoms with Crippen molar-refractivity contribution in [2.45, 2.75) is 44.4 Å². The monoisotopic (exact) mass is 505 g/mol. The maximum atomic E-state index is 13.7. The standard InChI is InChI=1S/C29H29F2N3O3/c1-18(35)34-27(14-20-11-23(30)15-24(31)12-20)28(36)17-33-26-8-9-37-29-7-6-19(13-25(26)29)10-21-4-2-3-5-22(21)16-32/h2-7,11-13,15,26-28,33,36H,8-10,14,17H2,1H3,(H,34,35). The first kappa shape index (κ1) is 26.3. The van der Waals surface area contributed by atoms with Crippen LogP contribution in [0.15, 0.2) is 60.7 Å². The summed E-state index contributed by atoms with van der Waals surface area (Å²) in [5.41, 5.74) is 3.90. The van der Waals surface area contributed by atoms with Gasteiger partial charge in [0.15, 0.2) is 0 Å². The Morgan fingerprint density at radius 3 is 2.62 bits per heavy atom. The first-order valence-corrected chi connectivity index (χ1v) is 12.2. The molecular weight excluding hydrogens is 476 g/mol. The van der Waals surface area contributed by atoms with Crippen molar-refractivity contribution in [2.75, 3.05) is 13.2 Å². The highest BCUT2D eigenvalue weighted by molar-refractivity contribution is 5.73. The van der Waals surface area contributed by atoms with E-state index in [-0.39, 0.29) is 24.9 Å². The highest BCUT2D eigenvalue weighted by Gasteiger charge is 2.26. The van der Waals surface area contributed by atoms with E-state index in [1.807, 2.05) is 36.4 Å². The number of carbonyl (C=O) groups is 1. The lowest BCUT2D eigenvalue weighted by Gasteiger charge is -2.30.